The van der Waals surface area contributed by atoms with Crippen LogP contribution in [0.3, 0.4) is 0 Å². The summed E-state index contributed by atoms with van der Waals surface area (Å²) in [7, 11) is 0. The fourth-order valence-corrected chi connectivity index (χ4v) is 4.11. The number of nitriles is 1. The maximum Gasteiger partial charge on any atom is 0.105 e. The van der Waals surface area contributed by atoms with Crippen LogP contribution in [0.4, 0.5) is 0 Å². The molecule has 2 aliphatic rings. The van der Waals surface area contributed by atoms with Crippen LogP contribution < -0.4 is 5.32 Å². The smallest absolute Gasteiger partial charge is 0.105 e. The van der Waals surface area contributed by atoms with Crippen molar-refractivity contribution in [2.24, 2.45) is 0 Å². The SMILES string of the molecule is N#CC1(SC2CCCC2)CCNCC1. The quantitative estimate of drug-likeness (QED) is 0.759. The van der Waals surface area contributed by atoms with Crippen LogP contribution in [0.1, 0.15) is 38.5 Å². The molecule has 1 saturated heterocycles. The lowest BCUT2D eigenvalue weighted by Crippen LogP contribution is -2.39. The number of hydrogen-bond donors (Lipinski definition) is 1. The highest BCUT2D eigenvalue weighted by atomic mass is 32.2. The molecular weight excluding hydrogens is 192 g/mol. The average molecular weight is 210 g/mol. The van der Waals surface area contributed by atoms with Gasteiger partial charge in [-0.25, -0.2) is 0 Å². The zero-order valence-electron chi connectivity index (χ0n) is 8.59. The minimum absolute atomic E-state index is 0.0553. The number of nitrogens with one attached hydrogen (secondary N) is 1. The molecule has 2 rings (SSSR count). The van der Waals surface area contributed by atoms with Crippen molar-refractivity contribution in [3.63, 3.8) is 0 Å². The van der Waals surface area contributed by atoms with Gasteiger partial charge in [0.2, 0.25) is 0 Å². The van der Waals surface area contributed by atoms with Crippen LogP contribution >= 0.6 is 11.8 Å². The van der Waals surface area contributed by atoms with Crippen LogP contribution in [-0.4, -0.2) is 23.1 Å². The van der Waals surface area contributed by atoms with E-state index < -0.39 is 0 Å². The lowest BCUT2D eigenvalue weighted by atomic mass is 9.99. The van der Waals surface area contributed by atoms with Crippen molar-refractivity contribution in [2.45, 2.75) is 48.5 Å². The van der Waals surface area contributed by atoms with E-state index in [0.29, 0.717) is 0 Å². The maximum absolute atomic E-state index is 9.30. The number of hydrogen-bond acceptors (Lipinski definition) is 3. The predicted octanol–water partition coefficient (Wildman–Crippen LogP) is 2.31. The van der Waals surface area contributed by atoms with Gasteiger partial charge in [0.25, 0.3) is 0 Å². The third-order valence-corrected chi connectivity index (χ3v) is 5.06. The summed E-state index contributed by atoms with van der Waals surface area (Å²) in [5.41, 5.74) is 0. The summed E-state index contributed by atoms with van der Waals surface area (Å²) in [5, 5.41) is 13.4. The minimum atomic E-state index is -0.0553. The summed E-state index contributed by atoms with van der Waals surface area (Å²) in [6.07, 6.45) is 7.48. The highest BCUT2D eigenvalue weighted by molar-refractivity contribution is 8.01. The van der Waals surface area contributed by atoms with Crippen molar-refractivity contribution >= 4 is 11.8 Å². The number of piperidine rings is 1. The summed E-state index contributed by atoms with van der Waals surface area (Å²) in [6.45, 7) is 2.04. The fraction of sp³-hybridized carbons (Fsp3) is 0.909. The van der Waals surface area contributed by atoms with Crippen molar-refractivity contribution in [2.75, 3.05) is 13.1 Å². The van der Waals surface area contributed by atoms with Gasteiger partial charge in [-0.15, -0.1) is 11.8 Å². The molecule has 1 saturated carbocycles. The van der Waals surface area contributed by atoms with Crippen LogP contribution in [0.2, 0.25) is 0 Å². The Kier molecular flexibility index (Phi) is 3.35. The average Bonchev–Trinajstić information content (AvgIpc) is 2.72. The standard InChI is InChI=1S/C11H18N2S/c12-9-11(5-7-13-8-6-11)14-10-3-1-2-4-10/h10,13H,1-8H2. The first-order valence-electron chi connectivity index (χ1n) is 5.64. The van der Waals surface area contributed by atoms with Gasteiger partial charge in [-0.1, -0.05) is 12.8 Å². The van der Waals surface area contributed by atoms with E-state index >= 15 is 0 Å². The molecule has 14 heavy (non-hydrogen) atoms. The molecule has 78 valence electrons. The van der Waals surface area contributed by atoms with E-state index in [1.54, 1.807) is 0 Å². The molecule has 1 heterocycles. The topological polar surface area (TPSA) is 35.8 Å². The van der Waals surface area contributed by atoms with Gasteiger partial charge in [-0.3, -0.25) is 0 Å². The summed E-state index contributed by atoms with van der Waals surface area (Å²) >= 11 is 1.97. The first-order valence-corrected chi connectivity index (χ1v) is 6.52. The van der Waals surface area contributed by atoms with E-state index in [1.807, 2.05) is 11.8 Å². The van der Waals surface area contributed by atoms with Gasteiger partial charge in [-0.2, -0.15) is 5.26 Å². The molecule has 0 atom stereocenters. The van der Waals surface area contributed by atoms with E-state index in [-0.39, 0.29) is 4.75 Å². The molecule has 0 aromatic carbocycles. The van der Waals surface area contributed by atoms with Gasteiger partial charge in [0.05, 0.1) is 6.07 Å². The largest absolute Gasteiger partial charge is 0.317 e. The van der Waals surface area contributed by atoms with E-state index in [9.17, 15) is 5.26 Å². The van der Waals surface area contributed by atoms with E-state index in [2.05, 4.69) is 11.4 Å². The Morgan fingerprint density at radius 2 is 1.86 bits per heavy atom. The van der Waals surface area contributed by atoms with Gasteiger partial charge in [0, 0.05) is 5.25 Å². The van der Waals surface area contributed by atoms with Crippen molar-refractivity contribution in [3.8, 4) is 6.07 Å². The molecule has 3 heteroatoms. The first-order chi connectivity index (χ1) is 6.85. The minimum Gasteiger partial charge on any atom is -0.317 e. The first kappa shape index (κ1) is 10.3. The van der Waals surface area contributed by atoms with Crippen molar-refractivity contribution in [1.29, 1.82) is 5.26 Å². The van der Waals surface area contributed by atoms with Gasteiger partial charge in [0.1, 0.15) is 4.75 Å². The molecule has 0 unspecified atom stereocenters. The molecular formula is C11H18N2S. The zero-order chi connectivity index (χ0) is 9.86. The second-order valence-corrected chi connectivity index (χ2v) is 6.06. The van der Waals surface area contributed by atoms with Crippen molar-refractivity contribution in [3.05, 3.63) is 0 Å². The molecule has 0 spiro atoms. The summed E-state index contributed by atoms with van der Waals surface area (Å²) in [4.78, 5) is 0. The van der Waals surface area contributed by atoms with Crippen LogP contribution in [0.25, 0.3) is 0 Å². The Morgan fingerprint density at radius 1 is 1.21 bits per heavy atom. The number of nitrogens with zero attached hydrogens (tertiary/aromatic N) is 1. The van der Waals surface area contributed by atoms with Gasteiger partial charge < -0.3 is 5.32 Å². The fourth-order valence-electron chi connectivity index (χ4n) is 2.41. The third-order valence-electron chi connectivity index (χ3n) is 3.31. The number of thioether (sulfide) groups is 1. The van der Waals surface area contributed by atoms with Crippen molar-refractivity contribution in [1.82, 2.24) is 5.32 Å². The van der Waals surface area contributed by atoms with Gasteiger partial charge in [-0.05, 0) is 38.8 Å². The Hall–Kier alpha value is -0.200. The predicted molar refractivity (Wildman–Crippen MR) is 60.3 cm³/mol. The molecule has 0 amide bonds. The van der Waals surface area contributed by atoms with Gasteiger partial charge in [0.15, 0.2) is 0 Å². The van der Waals surface area contributed by atoms with Crippen LogP contribution in [0.5, 0.6) is 0 Å². The second kappa shape index (κ2) is 4.55. The molecule has 0 radical (unpaired) electrons. The van der Waals surface area contributed by atoms with E-state index in [0.717, 1.165) is 31.2 Å². The molecule has 0 bridgehead atoms. The highest BCUT2D eigenvalue weighted by Gasteiger charge is 2.35. The lowest BCUT2D eigenvalue weighted by Gasteiger charge is -2.32. The molecule has 1 N–H and O–H groups in total. The molecule has 2 nitrogen and oxygen atoms in total. The monoisotopic (exact) mass is 210 g/mol. The molecule has 0 aromatic heterocycles. The van der Waals surface area contributed by atoms with Crippen molar-refractivity contribution < 1.29 is 0 Å². The normalized spacial score (nSPS) is 27.4. The zero-order valence-corrected chi connectivity index (χ0v) is 9.41. The Bertz CT molecular complexity index is 222. The van der Waals surface area contributed by atoms with E-state index in [1.165, 1.54) is 25.7 Å². The Balaban J connectivity index is 1.93. The Morgan fingerprint density at radius 3 is 2.43 bits per heavy atom. The number of rotatable bonds is 2. The van der Waals surface area contributed by atoms with Crippen LogP contribution in [-0.2, 0) is 0 Å². The van der Waals surface area contributed by atoms with E-state index in [4.69, 9.17) is 0 Å². The summed E-state index contributed by atoms with van der Waals surface area (Å²) in [6, 6.07) is 2.57. The summed E-state index contributed by atoms with van der Waals surface area (Å²) < 4.78 is -0.0553. The highest BCUT2D eigenvalue weighted by Crippen LogP contribution is 2.42. The summed E-state index contributed by atoms with van der Waals surface area (Å²) in [5.74, 6) is 0. The molecule has 1 aliphatic carbocycles. The second-order valence-electron chi connectivity index (χ2n) is 4.38. The Labute approximate surface area is 90.4 Å². The van der Waals surface area contributed by atoms with Crippen LogP contribution in [0.15, 0.2) is 0 Å². The molecule has 2 fully saturated rings. The van der Waals surface area contributed by atoms with Gasteiger partial charge >= 0.3 is 0 Å². The third kappa shape index (κ3) is 2.24. The maximum atomic E-state index is 9.30. The molecule has 0 aromatic rings. The molecule has 1 aliphatic heterocycles. The van der Waals surface area contributed by atoms with Crippen LogP contribution in [0, 0.1) is 11.3 Å². The lowest BCUT2D eigenvalue weighted by molar-refractivity contribution is 0.474.